The number of rotatable bonds is 1. The number of hydrogen-bond acceptors (Lipinski definition) is 2. The topological polar surface area (TPSA) is 41.5 Å². The van der Waals surface area contributed by atoms with E-state index in [0.717, 1.165) is 22.5 Å². The number of carbonyl (C=O) groups excluding carboxylic acids is 1. The highest BCUT2D eigenvalue weighted by Gasteiger charge is 2.26. The first-order valence-corrected chi connectivity index (χ1v) is 6.63. The minimum absolute atomic E-state index is 0.132. The zero-order chi connectivity index (χ0) is 14.3. The Bertz CT molecular complexity index is 745. The summed E-state index contributed by atoms with van der Waals surface area (Å²) in [6.07, 6.45) is 0. The van der Waals surface area contributed by atoms with Crippen LogP contribution in [0.2, 0.25) is 0 Å². The van der Waals surface area contributed by atoms with Crippen LogP contribution in [0.1, 0.15) is 22.3 Å². The van der Waals surface area contributed by atoms with E-state index in [1.165, 1.54) is 11.1 Å². The van der Waals surface area contributed by atoms with Crippen LogP contribution in [0.3, 0.4) is 0 Å². The molecule has 0 atom stereocenters. The fourth-order valence-electron chi connectivity index (χ4n) is 2.36. The second kappa shape index (κ2) is 4.60. The number of nitrogens with one attached hydrogen (secondary N) is 1. The van der Waals surface area contributed by atoms with Crippen molar-refractivity contribution < 1.29 is 4.79 Å². The van der Waals surface area contributed by atoms with Crippen LogP contribution in [0.25, 0.3) is 0 Å². The van der Waals surface area contributed by atoms with Gasteiger partial charge in [-0.1, -0.05) is 24.3 Å². The van der Waals surface area contributed by atoms with Gasteiger partial charge in [0.15, 0.2) is 0 Å². The molecule has 1 aliphatic heterocycles. The van der Waals surface area contributed by atoms with Crippen LogP contribution in [0, 0.1) is 20.8 Å². The molecule has 2 aromatic rings. The van der Waals surface area contributed by atoms with Gasteiger partial charge < -0.3 is 5.32 Å². The average Bonchev–Trinajstić information content (AvgIpc) is 2.73. The number of carbonyl (C=O) groups is 1. The third-order valence-electron chi connectivity index (χ3n) is 3.71. The number of amides is 1. The second-order valence-corrected chi connectivity index (χ2v) is 5.18. The molecule has 0 bridgehead atoms. The van der Waals surface area contributed by atoms with Crippen molar-refractivity contribution in [3.05, 3.63) is 58.7 Å². The monoisotopic (exact) mass is 264 g/mol. The Morgan fingerprint density at radius 1 is 0.950 bits per heavy atom. The summed E-state index contributed by atoms with van der Waals surface area (Å²) in [5.74, 6) is -0.132. The number of benzene rings is 2. The molecule has 1 amide bonds. The third-order valence-corrected chi connectivity index (χ3v) is 3.71. The summed E-state index contributed by atoms with van der Waals surface area (Å²) in [5, 5.41) is 2.89. The van der Waals surface area contributed by atoms with Crippen molar-refractivity contribution in [3.63, 3.8) is 0 Å². The highest BCUT2D eigenvalue weighted by atomic mass is 16.2. The van der Waals surface area contributed by atoms with E-state index in [2.05, 4.69) is 17.2 Å². The first kappa shape index (κ1) is 12.6. The summed E-state index contributed by atoms with van der Waals surface area (Å²) in [6.45, 7) is 6.09. The van der Waals surface area contributed by atoms with E-state index in [0.29, 0.717) is 5.71 Å². The molecule has 3 rings (SSSR count). The van der Waals surface area contributed by atoms with Crippen molar-refractivity contribution in [1.29, 1.82) is 0 Å². The summed E-state index contributed by atoms with van der Waals surface area (Å²) in [6, 6.07) is 11.8. The van der Waals surface area contributed by atoms with E-state index in [4.69, 9.17) is 0 Å². The number of anilines is 1. The molecule has 1 aliphatic rings. The highest BCUT2D eigenvalue weighted by Crippen LogP contribution is 2.29. The Balaban J connectivity index is 2.11. The Labute approximate surface area is 118 Å². The predicted octanol–water partition coefficient (Wildman–Crippen LogP) is 3.68. The zero-order valence-electron chi connectivity index (χ0n) is 11.8. The molecule has 100 valence electrons. The predicted molar refractivity (Wildman–Crippen MR) is 81.9 cm³/mol. The standard InChI is InChI=1S/C17H16N2O/c1-10-7-8-13(9-12(10)3)18-16-14-6-4-5-11(2)15(14)19-17(16)20/h4-9H,1-3H3,(H,18,19,20). The summed E-state index contributed by atoms with van der Waals surface area (Å²) in [4.78, 5) is 16.6. The van der Waals surface area contributed by atoms with Crippen molar-refractivity contribution >= 4 is 23.0 Å². The minimum atomic E-state index is -0.132. The molecular formula is C17H16N2O. The van der Waals surface area contributed by atoms with Gasteiger partial charge in [0, 0.05) is 5.56 Å². The van der Waals surface area contributed by atoms with Crippen molar-refractivity contribution in [2.24, 2.45) is 4.99 Å². The van der Waals surface area contributed by atoms with E-state index in [1.807, 2.05) is 50.2 Å². The molecule has 3 heteroatoms. The average molecular weight is 264 g/mol. The maximum absolute atomic E-state index is 12.1. The molecule has 3 nitrogen and oxygen atoms in total. The highest BCUT2D eigenvalue weighted by molar-refractivity contribution is 6.54. The lowest BCUT2D eigenvalue weighted by molar-refractivity contribution is -0.110. The smallest absolute Gasteiger partial charge is 0.275 e. The number of para-hydroxylation sites is 1. The van der Waals surface area contributed by atoms with Gasteiger partial charge in [-0.15, -0.1) is 0 Å². The normalized spacial score (nSPS) is 15.3. The van der Waals surface area contributed by atoms with Gasteiger partial charge >= 0.3 is 0 Å². The van der Waals surface area contributed by atoms with Gasteiger partial charge in [0.1, 0.15) is 5.71 Å². The lowest BCUT2D eigenvalue weighted by Gasteiger charge is -2.02. The summed E-state index contributed by atoms with van der Waals surface area (Å²) < 4.78 is 0. The van der Waals surface area contributed by atoms with Crippen LogP contribution < -0.4 is 5.32 Å². The minimum Gasteiger partial charge on any atom is -0.320 e. The van der Waals surface area contributed by atoms with E-state index in [9.17, 15) is 4.79 Å². The number of aliphatic imine (C=N–C) groups is 1. The van der Waals surface area contributed by atoms with Crippen LogP contribution in [0.5, 0.6) is 0 Å². The number of aryl methyl sites for hydroxylation is 3. The van der Waals surface area contributed by atoms with Crippen LogP contribution in [0.4, 0.5) is 11.4 Å². The summed E-state index contributed by atoms with van der Waals surface area (Å²) in [5.41, 5.74) is 6.52. The summed E-state index contributed by atoms with van der Waals surface area (Å²) >= 11 is 0. The molecule has 0 fully saturated rings. The fraction of sp³-hybridized carbons (Fsp3) is 0.176. The lowest BCUT2D eigenvalue weighted by Crippen LogP contribution is -2.14. The van der Waals surface area contributed by atoms with Gasteiger partial charge in [0.25, 0.3) is 5.91 Å². The van der Waals surface area contributed by atoms with Gasteiger partial charge in [-0.25, -0.2) is 4.99 Å². The van der Waals surface area contributed by atoms with Crippen LogP contribution in [-0.4, -0.2) is 11.6 Å². The van der Waals surface area contributed by atoms with E-state index in [1.54, 1.807) is 0 Å². The molecule has 0 radical (unpaired) electrons. The van der Waals surface area contributed by atoms with Crippen LogP contribution in [0.15, 0.2) is 41.4 Å². The molecule has 0 spiro atoms. The molecule has 20 heavy (non-hydrogen) atoms. The van der Waals surface area contributed by atoms with Crippen molar-refractivity contribution in [3.8, 4) is 0 Å². The lowest BCUT2D eigenvalue weighted by atomic mass is 10.1. The molecule has 1 N–H and O–H groups in total. The first-order valence-electron chi connectivity index (χ1n) is 6.63. The quantitative estimate of drug-likeness (QED) is 0.838. The maximum atomic E-state index is 12.1. The molecule has 0 aliphatic carbocycles. The largest absolute Gasteiger partial charge is 0.320 e. The van der Waals surface area contributed by atoms with Crippen molar-refractivity contribution in [1.82, 2.24) is 0 Å². The Morgan fingerprint density at radius 2 is 1.75 bits per heavy atom. The van der Waals surface area contributed by atoms with Crippen LogP contribution in [-0.2, 0) is 4.79 Å². The number of nitrogens with zero attached hydrogens (tertiary/aromatic N) is 1. The first-order chi connectivity index (χ1) is 9.56. The van der Waals surface area contributed by atoms with Gasteiger partial charge in [0.2, 0.25) is 0 Å². The van der Waals surface area contributed by atoms with Gasteiger partial charge in [-0.2, -0.15) is 0 Å². The van der Waals surface area contributed by atoms with Gasteiger partial charge in [0.05, 0.1) is 11.4 Å². The Kier molecular flexibility index (Phi) is 2.90. The maximum Gasteiger partial charge on any atom is 0.275 e. The molecular weight excluding hydrogens is 248 g/mol. The molecule has 2 aromatic carbocycles. The number of hydrogen-bond donors (Lipinski definition) is 1. The molecule has 0 saturated carbocycles. The van der Waals surface area contributed by atoms with Gasteiger partial charge in [-0.05, 0) is 49.6 Å². The zero-order valence-corrected chi connectivity index (χ0v) is 11.8. The van der Waals surface area contributed by atoms with E-state index < -0.39 is 0 Å². The van der Waals surface area contributed by atoms with E-state index >= 15 is 0 Å². The van der Waals surface area contributed by atoms with Crippen LogP contribution >= 0.6 is 0 Å². The molecule has 0 aromatic heterocycles. The number of fused-ring (bicyclic) bond motifs is 1. The molecule has 0 unspecified atom stereocenters. The Hall–Kier alpha value is -2.42. The van der Waals surface area contributed by atoms with E-state index in [-0.39, 0.29) is 5.91 Å². The fourth-order valence-corrected chi connectivity index (χ4v) is 2.36. The van der Waals surface area contributed by atoms with Gasteiger partial charge in [-0.3, -0.25) is 4.79 Å². The summed E-state index contributed by atoms with van der Waals surface area (Å²) in [7, 11) is 0. The second-order valence-electron chi connectivity index (χ2n) is 5.18. The SMILES string of the molecule is Cc1ccc(N=C2C(=O)Nc3c(C)cccc32)cc1C. The third kappa shape index (κ3) is 2.01. The van der Waals surface area contributed by atoms with Crippen molar-refractivity contribution in [2.45, 2.75) is 20.8 Å². The molecule has 0 saturated heterocycles. The Morgan fingerprint density at radius 3 is 2.50 bits per heavy atom. The van der Waals surface area contributed by atoms with Crippen molar-refractivity contribution in [2.75, 3.05) is 5.32 Å². The molecule has 1 heterocycles.